The summed E-state index contributed by atoms with van der Waals surface area (Å²) in [6.45, 7) is 4.75. The van der Waals surface area contributed by atoms with Gasteiger partial charge in [-0.1, -0.05) is 11.6 Å². The van der Waals surface area contributed by atoms with E-state index in [1.165, 1.54) is 0 Å². The molecule has 0 saturated heterocycles. The molecular weight excluding hydrogens is 272 g/mol. The summed E-state index contributed by atoms with van der Waals surface area (Å²) < 4.78 is 4.89. The van der Waals surface area contributed by atoms with Crippen molar-refractivity contribution in [1.82, 2.24) is 5.32 Å². The van der Waals surface area contributed by atoms with E-state index < -0.39 is 5.97 Å². The van der Waals surface area contributed by atoms with Gasteiger partial charge in [-0.2, -0.15) is 0 Å². The van der Waals surface area contributed by atoms with E-state index in [0.717, 1.165) is 12.2 Å². The van der Waals surface area contributed by atoms with Gasteiger partial charge in [-0.25, -0.2) is 4.79 Å². The Morgan fingerprint density at radius 2 is 2.17 bits per heavy atom. The van der Waals surface area contributed by atoms with Gasteiger partial charge in [-0.05, 0) is 44.3 Å². The molecule has 18 heavy (non-hydrogen) atoms. The van der Waals surface area contributed by atoms with Gasteiger partial charge in [0.1, 0.15) is 0 Å². The maximum absolute atomic E-state index is 11.5. The third-order valence-electron chi connectivity index (χ3n) is 2.06. The highest BCUT2D eigenvalue weighted by atomic mass is 35.5. The van der Waals surface area contributed by atoms with Gasteiger partial charge in [0.15, 0.2) is 5.11 Å². The fraction of sp³-hybridized carbons (Fsp3) is 0.333. The van der Waals surface area contributed by atoms with Crippen molar-refractivity contribution in [2.45, 2.75) is 13.8 Å². The number of halogens is 1. The van der Waals surface area contributed by atoms with Crippen molar-refractivity contribution in [2.75, 3.05) is 18.5 Å². The second-order valence-corrected chi connectivity index (χ2v) is 4.21. The zero-order valence-corrected chi connectivity index (χ0v) is 11.8. The molecule has 0 aromatic heterocycles. The van der Waals surface area contributed by atoms with Crippen LogP contribution in [0.1, 0.15) is 24.2 Å². The van der Waals surface area contributed by atoms with Gasteiger partial charge in [0, 0.05) is 12.2 Å². The van der Waals surface area contributed by atoms with Crippen molar-refractivity contribution in [3.63, 3.8) is 0 Å². The first-order valence-corrected chi connectivity index (χ1v) is 6.38. The summed E-state index contributed by atoms with van der Waals surface area (Å²) in [5, 5.41) is 6.77. The maximum atomic E-state index is 11.5. The molecule has 98 valence electrons. The number of carbonyl (C=O) groups excluding carboxylic acids is 1. The summed E-state index contributed by atoms with van der Waals surface area (Å²) in [6.07, 6.45) is 0. The lowest BCUT2D eigenvalue weighted by Gasteiger charge is -2.10. The second kappa shape index (κ2) is 7.18. The predicted octanol–water partition coefficient (Wildman–Crippen LogP) is 2.82. The van der Waals surface area contributed by atoms with Crippen LogP contribution in [0.3, 0.4) is 0 Å². The molecule has 0 fully saturated rings. The number of nitrogens with one attached hydrogen (secondary N) is 2. The molecule has 6 heteroatoms. The summed E-state index contributed by atoms with van der Waals surface area (Å²) in [6, 6.07) is 4.97. The molecule has 0 bridgehead atoms. The van der Waals surface area contributed by atoms with E-state index in [9.17, 15) is 4.79 Å². The summed E-state index contributed by atoms with van der Waals surface area (Å²) in [5.41, 5.74) is 1.07. The molecule has 0 atom stereocenters. The zero-order valence-electron chi connectivity index (χ0n) is 10.2. The van der Waals surface area contributed by atoms with E-state index in [1.807, 2.05) is 6.92 Å². The van der Waals surface area contributed by atoms with Crippen LogP contribution in [0, 0.1) is 0 Å². The number of benzene rings is 1. The highest BCUT2D eigenvalue weighted by Crippen LogP contribution is 2.21. The Labute approximate surface area is 117 Å². The van der Waals surface area contributed by atoms with Gasteiger partial charge >= 0.3 is 5.97 Å². The van der Waals surface area contributed by atoms with Gasteiger partial charge in [0.25, 0.3) is 0 Å². The Balaban J connectivity index is 2.79. The minimum atomic E-state index is -0.427. The van der Waals surface area contributed by atoms with Crippen LogP contribution in [0.4, 0.5) is 5.69 Å². The van der Waals surface area contributed by atoms with Crippen molar-refractivity contribution in [1.29, 1.82) is 0 Å². The fourth-order valence-electron chi connectivity index (χ4n) is 1.30. The molecule has 0 amide bonds. The van der Waals surface area contributed by atoms with E-state index in [-0.39, 0.29) is 0 Å². The summed E-state index contributed by atoms with van der Waals surface area (Å²) in [7, 11) is 0. The molecule has 1 aromatic rings. The van der Waals surface area contributed by atoms with Crippen molar-refractivity contribution < 1.29 is 9.53 Å². The largest absolute Gasteiger partial charge is 0.462 e. The Hall–Kier alpha value is -1.33. The minimum Gasteiger partial charge on any atom is -0.462 e. The lowest BCUT2D eigenvalue weighted by atomic mass is 10.2. The number of thiocarbonyl (C=S) groups is 1. The van der Waals surface area contributed by atoms with Gasteiger partial charge in [-0.3, -0.25) is 0 Å². The molecule has 0 heterocycles. The van der Waals surface area contributed by atoms with Crippen LogP contribution < -0.4 is 10.6 Å². The van der Waals surface area contributed by atoms with Gasteiger partial charge < -0.3 is 15.4 Å². The van der Waals surface area contributed by atoms with Crippen LogP contribution in [0.5, 0.6) is 0 Å². The smallest absolute Gasteiger partial charge is 0.339 e. The first-order chi connectivity index (χ1) is 8.58. The average Bonchev–Trinajstić information content (AvgIpc) is 2.29. The third-order valence-corrected chi connectivity index (χ3v) is 2.62. The van der Waals surface area contributed by atoms with E-state index >= 15 is 0 Å². The number of anilines is 1. The Bertz CT molecular complexity index is 452. The molecule has 0 aliphatic carbocycles. The summed E-state index contributed by atoms with van der Waals surface area (Å²) in [4.78, 5) is 11.5. The summed E-state index contributed by atoms with van der Waals surface area (Å²) in [5.74, 6) is -0.427. The molecule has 1 rings (SSSR count). The van der Waals surface area contributed by atoms with E-state index in [1.54, 1.807) is 25.1 Å². The normalized spacial score (nSPS) is 9.72. The number of rotatable bonds is 4. The second-order valence-electron chi connectivity index (χ2n) is 3.40. The first kappa shape index (κ1) is 14.7. The van der Waals surface area contributed by atoms with Crippen LogP contribution in [-0.4, -0.2) is 24.2 Å². The highest BCUT2D eigenvalue weighted by molar-refractivity contribution is 7.80. The predicted molar refractivity (Wildman–Crippen MR) is 77.3 cm³/mol. The van der Waals surface area contributed by atoms with Crippen LogP contribution in [0.15, 0.2) is 18.2 Å². The monoisotopic (exact) mass is 286 g/mol. The van der Waals surface area contributed by atoms with Crippen molar-refractivity contribution in [3.05, 3.63) is 28.8 Å². The van der Waals surface area contributed by atoms with Crippen LogP contribution in [-0.2, 0) is 4.74 Å². The molecule has 2 N–H and O–H groups in total. The Kier molecular flexibility index (Phi) is 5.88. The molecular formula is C12H15ClN2O2S. The molecule has 1 aromatic carbocycles. The molecule has 0 aliphatic rings. The number of hydrogen-bond acceptors (Lipinski definition) is 3. The molecule has 0 unspecified atom stereocenters. The van der Waals surface area contributed by atoms with Crippen molar-refractivity contribution >= 4 is 40.6 Å². The summed E-state index contributed by atoms with van der Waals surface area (Å²) >= 11 is 11.1. The lowest BCUT2D eigenvalue weighted by Crippen LogP contribution is -2.27. The lowest BCUT2D eigenvalue weighted by molar-refractivity contribution is 0.0526. The Morgan fingerprint density at radius 3 is 2.72 bits per heavy atom. The first-order valence-electron chi connectivity index (χ1n) is 5.60. The minimum absolute atomic E-state index is 0.319. The molecule has 0 aliphatic heterocycles. The number of ether oxygens (including phenoxy) is 1. The van der Waals surface area contributed by atoms with E-state index in [2.05, 4.69) is 10.6 Å². The molecule has 4 nitrogen and oxygen atoms in total. The maximum Gasteiger partial charge on any atom is 0.339 e. The number of esters is 1. The van der Waals surface area contributed by atoms with Crippen LogP contribution >= 0.6 is 23.8 Å². The number of hydrogen-bond donors (Lipinski definition) is 2. The van der Waals surface area contributed by atoms with Crippen molar-refractivity contribution in [3.8, 4) is 0 Å². The third kappa shape index (κ3) is 4.16. The van der Waals surface area contributed by atoms with E-state index in [0.29, 0.717) is 22.3 Å². The fourth-order valence-corrected chi connectivity index (χ4v) is 1.82. The number of carbonyl (C=O) groups is 1. The van der Waals surface area contributed by atoms with Crippen LogP contribution in [0.25, 0.3) is 0 Å². The van der Waals surface area contributed by atoms with Crippen LogP contribution in [0.2, 0.25) is 5.02 Å². The van der Waals surface area contributed by atoms with E-state index in [4.69, 9.17) is 28.6 Å². The highest BCUT2D eigenvalue weighted by Gasteiger charge is 2.11. The standard InChI is InChI=1S/C12H15ClN2O2S/c1-3-14-12(18)15-8-5-6-9(10(13)7-8)11(16)17-4-2/h5-7H,3-4H2,1-2H3,(H2,14,15,18). The Morgan fingerprint density at radius 1 is 1.44 bits per heavy atom. The topological polar surface area (TPSA) is 50.4 Å². The van der Waals surface area contributed by atoms with Gasteiger partial charge in [0.05, 0.1) is 17.2 Å². The van der Waals surface area contributed by atoms with Gasteiger partial charge in [-0.15, -0.1) is 0 Å². The zero-order chi connectivity index (χ0) is 13.5. The molecule has 0 saturated carbocycles. The molecule has 0 radical (unpaired) electrons. The average molecular weight is 287 g/mol. The quantitative estimate of drug-likeness (QED) is 0.658. The van der Waals surface area contributed by atoms with Crippen molar-refractivity contribution in [2.24, 2.45) is 0 Å². The SMILES string of the molecule is CCNC(=S)Nc1ccc(C(=O)OCC)c(Cl)c1. The van der Waals surface area contributed by atoms with Gasteiger partial charge in [0.2, 0.25) is 0 Å². The molecule has 0 spiro atoms.